The average Bonchev–Trinajstić information content (AvgIpc) is 2.78. The van der Waals surface area contributed by atoms with Crippen LogP contribution in [0.15, 0.2) is 56.6 Å². The first-order chi connectivity index (χ1) is 15.7. The Morgan fingerprint density at radius 3 is 2.42 bits per heavy atom. The van der Waals surface area contributed by atoms with Crippen molar-refractivity contribution >= 4 is 27.0 Å². The van der Waals surface area contributed by atoms with Crippen LogP contribution in [0.5, 0.6) is 5.75 Å². The minimum Gasteiger partial charge on any atom is -0.425 e. The van der Waals surface area contributed by atoms with E-state index in [0.717, 1.165) is 35.8 Å². The van der Waals surface area contributed by atoms with Gasteiger partial charge in [-0.2, -0.15) is 4.72 Å². The van der Waals surface area contributed by atoms with Crippen LogP contribution >= 0.6 is 0 Å². The largest absolute Gasteiger partial charge is 0.425 e. The van der Waals surface area contributed by atoms with Crippen LogP contribution in [0.4, 0.5) is 0 Å². The van der Waals surface area contributed by atoms with Crippen molar-refractivity contribution in [3.05, 3.63) is 69.6 Å². The first-order valence-corrected chi connectivity index (χ1v) is 12.5. The number of fused-ring (bicyclic) bond motifs is 1. The number of nitrogens with one attached hydrogen (secondary N) is 1. The summed E-state index contributed by atoms with van der Waals surface area (Å²) in [6.07, 6.45) is 2.88. The van der Waals surface area contributed by atoms with Crippen molar-refractivity contribution in [3.8, 4) is 5.75 Å². The molecule has 0 aliphatic rings. The lowest BCUT2D eigenvalue weighted by atomic mass is 10.0. The molecule has 1 N–H and O–H groups in total. The zero-order chi connectivity index (χ0) is 24.2. The predicted octanol–water partition coefficient (Wildman–Crippen LogP) is 4.41. The summed E-state index contributed by atoms with van der Waals surface area (Å²) in [6, 6.07) is 10.2. The van der Waals surface area contributed by atoms with E-state index in [1.54, 1.807) is 38.1 Å². The molecule has 0 saturated carbocycles. The van der Waals surface area contributed by atoms with E-state index in [1.807, 2.05) is 6.92 Å². The van der Waals surface area contributed by atoms with Gasteiger partial charge in [0.25, 0.3) is 0 Å². The molecule has 33 heavy (non-hydrogen) atoms. The van der Waals surface area contributed by atoms with Crippen molar-refractivity contribution in [1.82, 2.24) is 4.72 Å². The van der Waals surface area contributed by atoms with E-state index in [4.69, 9.17) is 9.15 Å². The molecule has 1 aromatic heterocycles. The molecule has 0 saturated heterocycles. The highest BCUT2D eigenvalue weighted by Gasteiger charge is 2.27. The second kappa shape index (κ2) is 10.3. The zero-order valence-corrected chi connectivity index (χ0v) is 20.1. The molecule has 3 rings (SSSR count). The lowest BCUT2D eigenvalue weighted by Gasteiger charge is -2.17. The van der Waals surface area contributed by atoms with Crippen LogP contribution in [0.25, 0.3) is 11.0 Å². The molecular weight excluding hydrogens is 442 g/mol. The quantitative estimate of drug-likeness (QED) is 0.282. The van der Waals surface area contributed by atoms with Crippen molar-refractivity contribution in [2.24, 2.45) is 0 Å². The number of aryl methyl sites for hydroxylation is 3. The van der Waals surface area contributed by atoms with Crippen molar-refractivity contribution < 1.29 is 22.4 Å². The van der Waals surface area contributed by atoms with Crippen molar-refractivity contribution in [3.63, 3.8) is 0 Å². The molecule has 8 heteroatoms. The maximum absolute atomic E-state index is 12.8. The molecule has 176 valence electrons. The molecule has 0 aliphatic carbocycles. The number of carbonyl (C=O) groups excluding carboxylic acids is 1. The molecule has 1 heterocycles. The summed E-state index contributed by atoms with van der Waals surface area (Å²) in [7, 11) is -3.90. The average molecular weight is 472 g/mol. The Hall–Kier alpha value is -2.97. The number of benzene rings is 2. The molecule has 1 unspecified atom stereocenters. The van der Waals surface area contributed by atoms with Gasteiger partial charge in [-0.3, -0.25) is 0 Å². The Balaban J connectivity index is 1.86. The van der Waals surface area contributed by atoms with Crippen molar-refractivity contribution in [2.75, 3.05) is 0 Å². The maximum atomic E-state index is 12.8. The fraction of sp³-hybridized carbons (Fsp3) is 0.360. The molecule has 3 aromatic rings. The molecular formula is C25H29NO6S. The van der Waals surface area contributed by atoms with Gasteiger partial charge in [-0.05, 0) is 62.9 Å². The third kappa shape index (κ3) is 5.69. The van der Waals surface area contributed by atoms with E-state index in [9.17, 15) is 18.0 Å². The standard InChI is InChI=1S/C25H29NO6S/c1-5-7-8-18-15-23(27)32-24-17(4)22(14-13-20(18)24)31-25(28)21(6-2)26-33(29,30)19-11-9-16(3)10-12-19/h9-15,21,26H,5-8H2,1-4H3. The van der Waals surface area contributed by atoms with Gasteiger partial charge in [-0.1, -0.05) is 38.0 Å². The third-order valence-corrected chi connectivity index (χ3v) is 7.02. The molecule has 0 bridgehead atoms. The molecule has 0 aliphatic heterocycles. The van der Waals surface area contributed by atoms with Crippen LogP contribution in [0, 0.1) is 13.8 Å². The van der Waals surface area contributed by atoms with Gasteiger partial charge in [0.05, 0.1) is 4.90 Å². The molecule has 0 fully saturated rings. The predicted molar refractivity (Wildman–Crippen MR) is 127 cm³/mol. The third-order valence-electron chi connectivity index (χ3n) is 5.53. The number of carbonyl (C=O) groups is 1. The van der Waals surface area contributed by atoms with Crippen LogP contribution in [0.2, 0.25) is 0 Å². The van der Waals surface area contributed by atoms with Crippen molar-refractivity contribution in [2.45, 2.75) is 64.3 Å². The fourth-order valence-electron chi connectivity index (χ4n) is 3.54. The summed E-state index contributed by atoms with van der Waals surface area (Å²) in [5.74, 6) is -0.517. The van der Waals surface area contributed by atoms with Gasteiger partial charge >= 0.3 is 11.6 Å². The van der Waals surface area contributed by atoms with Gasteiger partial charge in [-0.25, -0.2) is 18.0 Å². The Labute approximate surface area is 193 Å². The van der Waals surface area contributed by atoms with Crippen LogP contribution in [0.1, 0.15) is 49.8 Å². The molecule has 7 nitrogen and oxygen atoms in total. The van der Waals surface area contributed by atoms with E-state index in [-0.39, 0.29) is 17.1 Å². The highest BCUT2D eigenvalue weighted by Crippen LogP contribution is 2.29. The van der Waals surface area contributed by atoms with E-state index >= 15 is 0 Å². The molecule has 2 aromatic carbocycles. The van der Waals surface area contributed by atoms with Crippen LogP contribution in [0.3, 0.4) is 0 Å². The number of unbranched alkanes of at least 4 members (excludes halogenated alkanes) is 1. The maximum Gasteiger partial charge on any atom is 0.336 e. The first-order valence-electron chi connectivity index (χ1n) is 11.0. The van der Waals surface area contributed by atoms with E-state index in [2.05, 4.69) is 11.6 Å². The fourth-order valence-corrected chi connectivity index (χ4v) is 4.81. The Morgan fingerprint density at radius 2 is 1.79 bits per heavy atom. The number of esters is 1. The second-order valence-electron chi connectivity index (χ2n) is 8.08. The van der Waals surface area contributed by atoms with Gasteiger partial charge in [0.1, 0.15) is 17.4 Å². The normalized spacial score (nSPS) is 12.6. The summed E-state index contributed by atoms with van der Waals surface area (Å²) in [4.78, 5) is 25.0. The molecule has 0 radical (unpaired) electrons. The van der Waals surface area contributed by atoms with Gasteiger partial charge < -0.3 is 9.15 Å². The zero-order valence-electron chi connectivity index (χ0n) is 19.3. The molecule has 0 amide bonds. The summed E-state index contributed by atoms with van der Waals surface area (Å²) in [5, 5.41) is 0.799. The topological polar surface area (TPSA) is 103 Å². The lowest BCUT2D eigenvalue weighted by Crippen LogP contribution is -2.42. The monoisotopic (exact) mass is 471 g/mol. The van der Waals surface area contributed by atoms with Gasteiger partial charge in [-0.15, -0.1) is 0 Å². The highest BCUT2D eigenvalue weighted by atomic mass is 32.2. The summed E-state index contributed by atoms with van der Waals surface area (Å²) >= 11 is 0. The van der Waals surface area contributed by atoms with Gasteiger partial charge in [0.15, 0.2) is 0 Å². The first kappa shape index (κ1) is 24.7. The Bertz CT molecular complexity index is 1310. The molecule has 0 spiro atoms. The van der Waals surface area contributed by atoms with Crippen molar-refractivity contribution in [1.29, 1.82) is 0 Å². The minimum absolute atomic E-state index is 0.0719. The smallest absolute Gasteiger partial charge is 0.336 e. The lowest BCUT2D eigenvalue weighted by molar-refractivity contribution is -0.136. The number of ether oxygens (including phenoxy) is 1. The number of rotatable bonds is 9. The van der Waals surface area contributed by atoms with Gasteiger partial charge in [0.2, 0.25) is 10.0 Å². The van der Waals surface area contributed by atoms with Crippen LogP contribution in [-0.4, -0.2) is 20.4 Å². The number of sulfonamides is 1. The summed E-state index contributed by atoms with van der Waals surface area (Å²) < 4.78 is 38.8. The number of hydrogen-bond acceptors (Lipinski definition) is 6. The molecule has 1 atom stereocenters. The van der Waals surface area contributed by atoms with Crippen LogP contribution < -0.4 is 15.1 Å². The summed E-state index contributed by atoms with van der Waals surface area (Å²) in [5.41, 5.74) is 2.23. The minimum atomic E-state index is -3.90. The van der Waals surface area contributed by atoms with E-state index in [1.165, 1.54) is 18.2 Å². The highest BCUT2D eigenvalue weighted by molar-refractivity contribution is 7.89. The number of hydrogen-bond donors (Lipinski definition) is 1. The Morgan fingerprint density at radius 1 is 1.09 bits per heavy atom. The second-order valence-corrected chi connectivity index (χ2v) is 9.79. The van der Waals surface area contributed by atoms with E-state index in [0.29, 0.717) is 11.1 Å². The van der Waals surface area contributed by atoms with Crippen LogP contribution in [-0.2, 0) is 21.2 Å². The van der Waals surface area contributed by atoms with Gasteiger partial charge in [0, 0.05) is 17.0 Å². The van der Waals surface area contributed by atoms with E-state index < -0.39 is 27.7 Å². The SMILES string of the molecule is CCCCc1cc(=O)oc2c(C)c(OC(=O)C(CC)NS(=O)(=O)c3ccc(C)cc3)ccc12. The summed E-state index contributed by atoms with van der Waals surface area (Å²) in [6.45, 7) is 7.33. The Kier molecular flexibility index (Phi) is 7.71.